The summed E-state index contributed by atoms with van der Waals surface area (Å²) in [6, 6.07) is 46.4. The number of hydrogen-bond acceptors (Lipinski definition) is 1. The van der Waals surface area contributed by atoms with Crippen molar-refractivity contribution >= 4 is 32.8 Å². The van der Waals surface area contributed by atoms with Gasteiger partial charge in [0.25, 0.3) is 0 Å². The fourth-order valence-corrected chi connectivity index (χ4v) is 7.02. The molecule has 0 fully saturated rings. The molecule has 0 radical (unpaired) electrons. The van der Waals surface area contributed by atoms with Gasteiger partial charge in [0, 0.05) is 57.6 Å². The smallest absolute Gasteiger partial charge is 0.188 e. The summed E-state index contributed by atoms with van der Waals surface area (Å²) in [6.07, 6.45) is 4.06. The van der Waals surface area contributed by atoms with Gasteiger partial charge in [0.2, 0.25) is 0 Å². The Morgan fingerprint density at radius 2 is 1.36 bits per heavy atom. The van der Waals surface area contributed by atoms with E-state index < -0.39 is 0 Å². The maximum absolute atomic E-state index is 4.92. The van der Waals surface area contributed by atoms with Crippen LogP contribution in [0.5, 0.6) is 0 Å². The number of nitrogens with zero attached hydrogens (tertiary/aromatic N) is 4. The van der Waals surface area contributed by atoms with E-state index in [9.17, 15) is 0 Å². The molecule has 47 heavy (non-hydrogen) atoms. The molecular formula is C42H35N4Pt-. The number of aromatic nitrogens is 4. The van der Waals surface area contributed by atoms with Crippen molar-refractivity contribution in [3.63, 3.8) is 0 Å². The molecule has 0 unspecified atom stereocenters. The first-order valence-electron chi connectivity index (χ1n) is 15.8. The largest absolute Gasteiger partial charge is 0.319 e. The van der Waals surface area contributed by atoms with Crippen molar-refractivity contribution in [3.05, 3.63) is 156 Å². The van der Waals surface area contributed by atoms with Crippen LogP contribution in [0.4, 0.5) is 0 Å². The molecular weight excluding hydrogens is 756 g/mol. The first kappa shape index (κ1) is 30.8. The predicted molar refractivity (Wildman–Crippen MR) is 190 cm³/mol. The maximum Gasteiger partial charge on any atom is 0.188 e. The van der Waals surface area contributed by atoms with E-state index in [0.29, 0.717) is 0 Å². The van der Waals surface area contributed by atoms with Crippen LogP contribution in [0, 0.1) is 26.0 Å². The molecule has 3 heterocycles. The van der Waals surface area contributed by atoms with Crippen LogP contribution in [-0.2, 0) is 33.5 Å². The Hall–Kier alpha value is -4.79. The van der Waals surface area contributed by atoms with E-state index in [0.717, 1.165) is 39.2 Å². The topological polar surface area (TPSA) is 27.7 Å². The second-order valence-electron chi connectivity index (χ2n) is 12.8. The summed E-state index contributed by atoms with van der Waals surface area (Å²) < 4.78 is 6.65. The van der Waals surface area contributed by atoms with Gasteiger partial charge in [0.15, 0.2) is 17.4 Å². The van der Waals surface area contributed by atoms with E-state index in [1.54, 1.807) is 0 Å². The molecule has 0 aliphatic rings. The van der Waals surface area contributed by atoms with Crippen LogP contribution in [-0.4, -0.2) is 18.7 Å². The number of fused-ring (bicyclic) bond motifs is 4. The van der Waals surface area contributed by atoms with Crippen LogP contribution < -0.4 is 0 Å². The van der Waals surface area contributed by atoms with E-state index in [2.05, 4.69) is 176 Å². The number of benzene rings is 5. The van der Waals surface area contributed by atoms with Crippen molar-refractivity contribution in [2.75, 3.05) is 0 Å². The zero-order valence-corrected chi connectivity index (χ0v) is 29.4. The molecule has 3 aromatic heterocycles. The van der Waals surface area contributed by atoms with Crippen molar-refractivity contribution in [2.24, 2.45) is 7.05 Å². The van der Waals surface area contributed by atoms with Crippen LogP contribution >= 0.6 is 0 Å². The van der Waals surface area contributed by atoms with Crippen molar-refractivity contribution in [3.8, 4) is 22.6 Å². The van der Waals surface area contributed by atoms with Crippen molar-refractivity contribution in [1.29, 1.82) is 0 Å². The Morgan fingerprint density at radius 3 is 2.15 bits per heavy atom. The molecule has 5 aromatic carbocycles. The van der Waals surface area contributed by atoms with E-state index in [1.165, 1.54) is 38.5 Å². The van der Waals surface area contributed by atoms with Gasteiger partial charge in [-0.2, -0.15) is 35.9 Å². The normalized spacial score (nSPS) is 11.8. The van der Waals surface area contributed by atoms with Gasteiger partial charge >= 0.3 is 0 Å². The molecule has 8 aromatic rings. The molecule has 0 amide bonds. The summed E-state index contributed by atoms with van der Waals surface area (Å²) in [5.74, 6) is 0.887. The molecule has 0 spiro atoms. The number of para-hydroxylation sites is 3. The van der Waals surface area contributed by atoms with E-state index in [4.69, 9.17) is 4.98 Å². The monoisotopic (exact) mass is 790 g/mol. The number of rotatable bonds is 5. The molecule has 4 nitrogen and oxygen atoms in total. The Bertz CT molecular complexity index is 2430. The van der Waals surface area contributed by atoms with Crippen molar-refractivity contribution in [2.45, 2.75) is 33.1 Å². The van der Waals surface area contributed by atoms with Crippen LogP contribution in [0.3, 0.4) is 0 Å². The molecule has 8 rings (SSSR count). The van der Waals surface area contributed by atoms with Gasteiger partial charge in [-0.3, -0.25) is 0 Å². The maximum atomic E-state index is 4.92. The van der Waals surface area contributed by atoms with Crippen molar-refractivity contribution in [1.82, 2.24) is 18.7 Å². The molecule has 234 valence electrons. The fourth-order valence-electron chi connectivity index (χ4n) is 7.02. The van der Waals surface area contributed by atoms with Crippen LogP contribution in [0.25, 0.3) is 55.5 Å². The molecule has 0 aliphatic heterocycles. The van der Waals surface area contributed by atoms with Gasteiger partial charge in [-0.15, -0.1) is 23.1 Å². The van der Waals surface area contributed by atoms with Gasteiger partial charge < -0.3 is 4.57 Å². The second kappa shape index (κ2) is 11.8. The SMILES string of the molecule is Cc1cccc(C)c1-c1ccnc(-n2c3[c-]c(C(C)(C)c4[c-]c(-n5[cH+]n(C)c6ccccc65)ccc4)ccc3c3ccccc32)c1.[Pt]. The average Bonchev–Trinajstić information content (AvgIpc) is 3.59. The first-order chi connectivity index (χ1) is 22.3. The first-order valence-corrected chi connectivity index (χ1v) is 15.8. The van der Waals surface area contributed by atoms with E-state index in [1.807, 2.05) is 6.20 Å². The minimum atomic E-state index is -0.357. The minimum absolute atomic E-state index is 0. The molecule has 0 saturated carbocycles. The predicted octanol–water partition coefficient (Wildman–Crippen LogP) is 9.95. The molecule has 0 saturated heterocycles. The molecule has 0 atom stereocenters. The standard InChI is InChI=1S/C42H35N4.Pt/c1-28-12-10-13-29(2)41(28)30-22-23-43-40(24-30)46-36-17-7-6-16-34(36)35-21-20-32(26-39(35)46)42(3,4)31-14-11-15-33(25-31)45-27-44(5)37-18-8-9-19-38(37)45;/h6-24,27H,1-5H3;/q-1;. The third-order valence-corrected chi connectivity index (χ3v) is 9.52. The zero-order valence-electron chi connectivity index (χ0n) is 27.2. The van der Waals surface area contributed by atoms with Crippen LogP contribution in [0.1, 0.15) is 36.1 Å². The molecule has 5 heteroatoms. The van der Waals surface area contributed by atoms with Gasteiger partial charge in [-0.25, -0.2) is 14.1 Å². The number of hydrogen-bond donors (Lipinski definition) is 0. The summed E-state index contributed by atoms with van der Waals surface area (Å²) in [5, 5.41) is 2.36. The summed E-state index contributed by atoms with van der Waals surface area (Å²) in [4.78, 5) is 4.92. The third-order valence-electron chi connectivity index (χ3n) is 9.52. The Labute approximate surface area is 290 Å². The molecule has 0 N–H and O–H groups in total. The minimum Gasteiger partial charge on any atom is -0.319 e. The Kier molecular flexibility index (Phi) is 7.73. The summed E-state index contributed by atoms with van der Waals surface area (Å²) in [5.41, 5.74) is 12.3. The third kappa shape index (κ3) is 5.03. The molecule has 0 bridgehead atoms. The fraction of sp³-hybridized carbons (Fsp3) is 0.143. The summed E-state index contributed by atoms with van der Waals surface area (Å²) in [6.45, 7) is 8.88. The van der Waals surface area contributed by atoms with Crippen LogP contribution in [0.15, 0.2) is 122 Å². The van der Waals surface area contributed by atoms with Gasteiger partial charge in [-0.05, 0) is 77.2 Å². The zero-order chi connectivity index (χ0) is 31.6. The van der Waals surface area contributed by atoms with Gasteiger partial charge in [0.05, 0.1) is 0 Å². The average molecular weight is 791 g/mol. The van der Waals surface area contributed by atoms with Gasteiger partial charge in [-0.1, -0.05) is 55.8 Å². The van der Waals surface area contributed by atoms with Gasteiger partial charge in [0.1, 0.15) is 5.82 Å². The number of aryl methyl sites for hydroxylation is 3. The van der Waals surface area contributed by atoms with E-state index in [-0.39, 0.29) is 26.5 Å². The molecule has 0 aliphatic carbocycles. The second-order valence-corrected chi connectivity index (χ2v) is 12.8. The Morgan fingerprint density at radius 1 is 0.681 bits per heavy atom. The van der Waals surface area contributed by atoms with Crippen LogP contribution in [0.2, 0.25) is 0 Å². The number of pyridine rings is 1. The quantitative estimate of drug-likeness (QED) is 0.160. The Balaban J connectivity index is 0.00000351. The number of imidazole rings is 1. The van der Waals surface area contributed by atoms with Crippen molar-refractivity contribution < 1.29 is 21.1 Å². The summed E-state index contributed by atoms with van der Waals surface area (Å²) in [7, 11) is 2.09. The van der Waals surface area contributed by atoms with E-state index >= 15 is 0 Å². The summed E-state index contributed by atoms with van der Waals surface area (Å²) >= 11 is 0.